The lowest BCUT2D eigenvalue weighted by Gasteiger charge is -2.22. The van der Waals surface area contributed by atoms with Crippen LogP contribution in [0.5, 0.6) is 0 Å². The Labute approximate surface area is 128 Å². The van der Waals surface area contributed by atoms with E-state index in [0.717, 1.165) is 17.8 Å². The number of amidine groups is 1. The number of oxime groups is 1. The number of unbranched alkanes of at least 4 members (excludes halogenated alkanes) is 6. The quantitative estimate of drug-likeness (QED) is 0.225. The van der Waals surface area contributed by atoms with Crippen LogP contribution in [0.2, 0.25) is 0 Å². The lowest BCUT2D eigenvalue weighted by atomic mass is 10.1. The molecule has 0 fully saturated rings. The summed E-state index contributed by atoms with van der Waals surface area (Å²) in [5, 5.41) is 12.0. The molecule has 0 aliphatic carbocycles. The lowest BCUT2D eigenvalue weighted by Crippen LogP contribution is -2.23. The van der Waals surface area contributed by atoms with Gasteiger partial charge in [0, 0.05) is 24.8 Å². The van der Waals surface area contributed by atoms with Crippen LogP contribution in [0.4, 0.5) is 5.69 Å². The summed E-state index contributed by atoms with van der Waals surface area (Å²) in [6.07, 6.45) is 9.11. The smallest absolute Gasteiger partial charge is 0.172 e. The van der Waals surface area contributed by atoms with Crippen LogP contribution < -0.4 is 10.6 Å². The van der Waals surface area contributed by atoms with E-state index in [1.807, 2.05) is 24.3 Å². The van der Waals surface area contributed by atoms with Crippen LogP contribution in [-0.4, -0.2) is 24.6 Å². The SMILES string of the molecule is CCCCCCCCCN(C)c1ccccc1/C(N)=N/O. The molecule has 21 heavy (non-hydrogen) atoms. The summed E-state index contributed by atoms with van der Waals surface area (Å²) >= 11 is 0. The summed E-state index contributed by atoms with van der Waals surface area (Å²) in [5.74, 6) is 0.164. The van der Waals surface area contributed by atoms with Crippen molar-refractivity contribution in [3.63, 3.8) is 0 Å². The fraction of sp³-hybridized carbons (Fsp3) is 0.588. The van der Waals surface area contributed by atoms with E-state index in [2.05, 4.69) is 24.0 Å². The average Bonchev–Trinajstić information content (AvgIpc) is 2.53. The summed E-state index contributed by atoms with van der Waals surface area (Å²) in [6, 6.07) is 7.77. The molecular formula is C17H29N3O. The molecule has 0 bridgehead atoms. The number of nitrogens with two attached hydrogens (primary N) is 1. The van der Waals surface area contributed by atoms with Gasteiger partial charge in [0.05, 0.1) is 0 Å². The Hall–Kier alpha value is -1.71. The molecule has 0 saturated carbocycles. The molecule has 0 amide bonds. The standard InChI is InChI=1S/C17H29N3O/c1-3-4-5-6-7-8-11-14-20(2)16-13-10-9-12-15(16)17(18)19-21/h9-10,12-13,21H,3-8,11,14H2,1-2H3,(H2,18,19). The largest absolute Gasteiger partial charge is 0.409 e. The number of nitrogens with zero attached hydrogens (tertiary/aromatic N) is 2. The Kier molecular flexibility index (Phi) is 8.32. The monoisotopic (exact) mass is 291 g/mol. The van der Waals surface area contributed by atoms with Crippen molar-refractivity contribution < 1.29 is 5.21 Å². The van der Waals surface area contributed by atoms with Gasteiger partial charge in [-0.3, -0.25) is 0 Å². The third-order valence-corrected chi connectivity index (χ3v) is 3.80. The Morgan fingerprint density at radius 2 is 1.71 bits per heavy atom. The molecule has 0 aromatic heterocycles. The highest BCUT2D eigenvalue weighted by atomic mass is 16.4. The molecule has 0 atom stereocenters. The zero-order valence-electron chi connectivity index (χ0n) is 13.4. The van der Waals surface area contributed by atoms with Gasteiger partial charge >= 0.3 is 0 Å². The van der Waals surface area contributed by atoms with Gasteiger partial charge in [-0.25, -0.2) is 0 Å². The van der Waals surface area contributed by atoms with Crippen molar-refractivity contribution in [2.75, 3.05) is 18.5 Å². The van der Waals surface area contributed by atoms with Crippen LogP contribution in [0.3, 0.4) is 0 Å². The van der Waals surface area contributed by atoms with Crippen molar-refractivity contribution in [3.05, 3.63) is 29.8 Å². The molecule has 1 rings (SSSR count). The second-order valence-electron chi connectivity index (χ2n) is 5.55. The van der Waals surface area contributed by atoms with Gasteiger partial charge in [0.2, 0.25) is 0 Å². The zero-order chi connectivity index (χ0) is 15.5. The third kappa shape index (κ3) is 6.06. The van der Waals surface area contributed by atoms with E-state index in [9.17, 15) is 0 Å². The van der Waals surface area contributed by atoms with Crippen LogP contribution in [0.25, 0.3) is 0 Å². The summed E-state index contributed by atoms with van der Waals surface area (Å²) in [4.78, 5) is 2.18. The van der Waals surface area contributed by atoms with Crippen LogP contribution >= 0.6 is 0 Å². The molecule has 0 spiro atoms. The number of hydrogen-bond donors (Lipinski definition) is 2. The van der Waals surface area contributed by atoms with Crippen molar-refractivity contribution in [1.82, 2.24) is 0 Å². The number of hydrogen-bond acceptors (Lipinski definition) is 3. The summed E-state index contributed by atoms with van der Waals surface area (Å²) in [7, 11) is 2.06. The average molecular weight is 291 g/mol. The number of rotatable bonds is 10. The first-order chi connectivity index (χ1) is 10.2. The Bertz CT molecular complexity index is 432. The normalized spacial score (nSPS) is 11.6. The molecule has 118 valence electrons. The van der Waals surface area contributed by atoms with Gasteiger partial charge in [0.1, 0.15) is 0 Å². The number of anilines is 1. The second-order valence-corrected chi connectivity index (χ2v) is 5.55. The van der Waals surface area contributed by atoms with Crippen LogP contribution in [0.15, 0.2) is 29.4 Å². The summed E-state index contributed by atoms with van der Waals surface area (Å²) < 4.78 is 0. The molecule has 0 saturated heterocycles. The Morgan fingerprint density at radius 1 is 1.10 bits per heavy atom. The van der Waals surface area contributed by atoms with E-state index >= 15 is 0 Å². The molecule has 0 unspecified atom stereocenters. The molecule has 0 radical (unpaired) electrons. The highest BCUT2D eigenvalue weighted by Gasteiger charge is 2.09. The van der Waals surface area contributed by atoms with E-state index < -0.39 is 0 Å². The molecule has 0 aliphatic rings. The van der Waals surface area contributed by atoms with Crippen molar-refractivity contribution in [1.29, 1.82) is 0 Å². The summed E-state index contributed by atoms with van der Waals surface area (Å²) in [5.41, 5.74) is 7.52. The number of para-hydroxylation sites is 1. The fourth-order valence-corrected chi connectivity index (χ4v) is 2.50. The van der Waals surface area contributed by atoms with Crippen LogP contribution in [0, 0.1) is 0 Å². The predicted octanol–water partition coefficient (Wildman–Crippen LogP) is 3.97. The molecule has 1 aromatic carbocycles. The van der Waals surface area contributed by atoms with Gasteiger partial charge in [0.25, 0.3) is 0 Å². The van der Waals surface area contributed by atoms with Crippen LogP contribution in [0.1, 0.15) is 57.4 Å². The van der Waals surface area contributed by atoms with E-state index in [1.165, 1.54) is 44.9 Å². The van der Waals surface area contributed by atoms with Crippen molar-refractivity contribution in [2.24, 2.45) is 10.9 Å². The molecular weight excluding hydrogens is 262 g/mol. The molecule has 4 nitrogen and oxygen atoms in total. The molecule has 4 heteroatoms. The predicted molar refractivity (Wildman–Crippen MR) is 90.2 cm³/mol. The minimum Gasteiger partial charge on any atom is -0.409 e. The van der Waals surface area contributed by atoms with E-state index in [-0.39, 0.29) is 5.84 Å². The van der Waals surface area contributed by atoms with Crippen LogP contribution in [-0.2, 0) is 0 Å². The first kappa shape index (κ1) is 17.3. The topological polar surface area (TPSA) is 61.8 Å². The lowest BCUT2D eigenvalue weighted by molar-refractivity contribution is 0.318. The number of benzene rings is 1. The Balaban J connectivity index is 2.40. The Morgan fingerprint density at radius 3 is 2.38 bits per heavy atom. The highest BCUT2D eigenvalue weighted by Crippen LogP contribution is 2.19. The molecule has 0 aliphatic heterocycles. The van der Waals surface area contributed by atoms with Gasteiger partial charge < -0.3 is 15.8 Å². The summed E-state index contributed by atoms with van der Waals surface area (Å²) in [6.45, 7) is 3.23. The van der Waals surface area contributed by atoms with E-state index in [0.29, 0.717) is 0 Å². The second kappa shape index (κ2) is 10.1. The molecule has 1 aromatic rings. The van der Waals surface area contributed by atoms with Gasteiger partial charge in [-0.15, -0.1) is 0 Å². The molecule has 3 N–H and O–H groups in total. The van der Waals surface area contributed by atoms with Gasteiger partial charge in [-0.2, -0.15) is 0 Å². The molecule has 0 heterocycles. The van der Waals surface area contributed by atoms with Crippen molar-refractivity contribution in [2.45, 2.75) is 51.9 Å². The maximum Gasteiger partial charge on any atom is 0.172 e. The van der Waals surface area contributed by atoms with E-state index in [4.69, 9.17) is 10.9 Å². The highest BCUT2D eigenvalue weighted by molar-refractivity contribution is 6.02. The first-order valence-electron chi connectivity index (χ1n) is 7.98. The van der Waals surface area contributed by atoms with Crippen molar-refractivity contribution >= 4 is 11.5 Å². The maximum absolute atomic E-state index is 8.86. The van der Waals surface area contributed by atoms with Crippen molar-refractivity contribution in [3.8, 4) is 0 Å². The van der Waals surface area contributed by atoms with Gasteiger partial charge in [0.15, 0.2) is 5.84 Å². The minimum atomic E-state index is 0.164. The maximum atomic E-state index is 8.86. The fourth-order valence-electron chi connectivity index (χ4n) is 2.50. The first-order valence-corrected chi connectivity index (χ1v) is 7.98. The third-order valence-electron chi connectivity index (χ3n) is 3.80. The van der Waals surface area contributed by atoms with E-state index in [1.54, 1.807) is 0 Å². The van der Waals surface area contributed by atoms with Gasteiger partial charge in [-0.1, -0.05) is 62.7 Å². The zero-order valence-corrected chi connectivity index (χ0v) is 13.4. The minimum absolute atomic E-state index is 0.164. The van der Waals surface area contributed by atoms with Gasteiger partial charge in [-0.05, 0) is 18.6 Å².